The van der Waals surface area contributed by atoms with Crippen LogP contribution in [0.25, 0.3) is 5.69 Å². The number of rotatable bonds is 4. The van der Waals surface area contributed by atoms with E-state index >= 15 is 0 Å². The molecular formula is C16H17N5. The van der Waals surface area contributed by atoms with E-state index in [0.29, 0.717) is 0 Å². The van der Waals surface area contributed by atoms with Gasteiger partial charge < -0.3 is 5.32 Å². The van der Waals surface area contributed by atoms with Gasteiger partial charge in [-0.2, -0.15) is 0 Å². The van der Waals surface area contributed by atoms with Crippen molar-refractivity contribution in [3.05, 3.63) is 66.0 Å². The van der Waals surface area contributed by atoms with Gasteiger partial charge in [-0.1, -0.05) is 36.4 Å². The molecule has 2 aromatic carbocycles. The fourth-order valence-corrected chi connectivity index (χ4v) is 2.25. The molecule has 0 fully saturated rings. The molecule has 5 heteroatoms. The molecule has 5 nitrogen and oxygen atoms in total. The number of hydrogen-bond acceptors (Lipinski definition) is 4. The van der Waals surface area contributed by atoms with Crippen molar-refractivity contribution >= 4 is 5.69 Å². The molecule has 1 unspecified atom stereocenters. The van der Waals surface area contributed by atoms with E-state index in [1.54, 1.807) is 11.0 Å². The maximum atomic E-state index is 3.92. The Hall–Kier alpha value is -2.69. The van der Waals surface area contributed by atoms with Gasteiger partial charge in [-0.05, 0) is 47.5 Å². The third kappa shape index (κ3) is 2.91. The molecule has 0 aliphatic heterocycles. The SMILES string of the molecule is Cc1ccc(-n2cnnn2)cc1NC(C)c1ccccc1. The zero-order valence-corrected chi connectivity index (χ0v) is 12.1. The summed E-state index contributed by atoms with van der Waals surface area (Å²) in [7, 11) is 0. The molecule has 0 aliphatic carbocycles. The second kappa shape index (κ2) is 5.75. The molecule has 1 aromatic heterocycles. The van der Waals surface area contributed by atoms with E-state index in [4.69, 9.17) is 0 Å². The van der Waals surface area contributed by atoms with Gasteiger partial charge in [-0.15, -0.1) is 5.10 Å². The highest BCUT2D eigenvalue weighted by Gasteiger charge is 2.08. The summed E-state index contributed by atoms with van der Waals surface area (Å²) in [5, 5.41) is 14.8. The quantitative estimate of drug-likeness (QED) is 0.797. The minimum atomic E-state index is 0.231. The molecule has 0 saturated heterocycles. The Morgan fingerprint density at radius 3 is 2.62 bits per heavy atom. The summed E-state index contributed by atoms with van der Waals surface area (Å²) in [5.74, 6) is 0. The number of nitrogens with zero attached hydrogens (tertiary/aromatic N) is 4. The molecule has 3 aromatic rings. The molecule has 0 radical (unpaired) electrons. The van der Waals surface area contributed by atoms with E-state index < -0.39 is 0 Å². The Labute approximate surface area is 123 Å². The second-order valence-corrected chi connectivity index (χ2v) is 5.03. The molecule has 0 saturated carbocycles. The monoisotopic (exact) mass is 279 g/mol. The van der Waals surface area contributed by atoms with Crippen LogP contribution in [0, 0.1) is 6.92 Å². The Bertz CT molecular complexity index is 707. The van der Waals surface area contributed by atoms with Crippen molar-refractivity contribution in [1.82, 2.24) is 20.2 Å². The van der Waals surface area contributed by atoms with Crippen LogP contribution in [0.5, 0.6) is 0 Å². The fourth-order valence-electron chi connectivity index (χ4n) is 2.25. The zero-order valence-electron chi connectivity index (χ0n) is 12.1. The summed E-state index contributed by atoms with van der Waals surface area (Å²) in [4.78, 5) is 0. The van der Waals surface area contributed by atoms with Crippen LogP contribution in [0.4, 0.5) is 5.69 Å². The first-order valence-corrected chi connectivity index (χ1v) is 6.89. The van der Waals surface area contributed by atoms with E-state index in [9.17, 15) is 0 Å². The van der Waals surface area contributed by atoms with Crippen molar-refractivity contribution in [1.29, 1.82) is 0 Å². The zero-order chi connectivity index (χ0) is 14.7. The number of benzene rings is 2. The first kappa shape index (κ1) is 13.3. The first-order valence-electron chi connectivity index (χ1n) is 6.89. The molecule has 21 heavy (non-hydrogen) atoms. The number of aromatic nitrogens is 4. The minimum absolute atomic E-state index is 0.231. The van der Waals surface area contributed by atoms with Gasteiger partial charge in [0.15, 0.2) is 0 Å². The molecule has 0 amide bonds. The molecule has 0 aliphatic rings. The van der Waals surface area contributed by atoms with E-state index in [0.717, 1.165) is 11.4 Å². The van der Waals surface area contributed by atoms with Crippen molar-refractivity contribution in [3.63, 3.8) is 0 Å². The molecule has 1 heterocycles. The van der Waals surface area contributed by atoms with Crippen LogP contribution in [-0.4, -0.2) is 20.2 Å². The Kier molecular flexibility index (Phi) is 3.64. The fraction of sp³-hybridized carbons (Fsp3) is 0.188. The second-order valence-electron chi connectivity index (χ2n) is 5.03. The van der Waals surface area contributed by atoms with Gasteiger partial charge in [-0.3, -0.25) is 0 Å². The van der Waals surface area contributed by atoms with Crippen molar-refractivity contribution in [2.75, 3.05) is 5.32 Å². The predicted octanol–water partition coefficient (Wildman–Crippen LogP) is 3.14. The largest absolute Gasteiger partial charge is 0.378 e. The van der Waals surface area contributed by atoms with Gasteiger partial charge in [0.05, 0.1) is 5.69 Å². The van der Waals surface area contributed by atoms with Gasteiger partial charge in [0.1, 0.15) is 6.33 Å². The highest BCUT2D eigenvalue weighted by atomic mass is 15.5. The molecular weight excluding hydrogens is 262 g/mol. The van der Waals surface area contributed by atoms with Crippen molar-refractivity contribution < 1.29 is 0 Å². The molecule has 1 atom stereocenters. The van der Waals surface area contributed by atoms with E-state index in [1.807, 2.05) is 12.1 Å². The standard InChI is InChI=1S/C16H17N5/c1-12-8-9-15(21-11-17-19-20-21)10-16(12)18-13(2)14-6-4-3-5-7-14/h3-11,13,18H,1-2H3. The van der Waals surface area contributed by atoms with Crippen LogP contribution < -0.4 is 5.32 Å². The van der Waals surface area contributed by atoms with Crippen LogP contribution in [0.1, 0.15) is 24.1 Å². The summed E-state index contributed by atoms with van der Waals surface area (Å²) in [6.07, 6.45) is 1.59. The average molecular weight is 279 g/mol. The summed E-state index contributed by atoms with van der Waals surface area (Å²) in [6.45, 7) is 4.24. The third-order valence-electron chi connectivity index (χ3n) is 3.51. The summed E-state index contributed by atoms with van der Waals surface area (Å²) in [6, 6.07) is 16.7. The van der Waals surface area contributed by atoms with E-state index in [1.165, 1.54) is 11.1 Å². The van der Waals surface area contributed by atoms with Crippen LogP contribution in [0.3, 0.4) is 0 Å². The minimum Gasteiger partial charge on any atom is -0.378 e. The topological polar surface area (TPSA) is 55.6 Å². The Balaban J connectivity index is 1.86. The molecule has 106 valence electrons. The summed E-state index contributed by atoms with van der Waals surface area (Å²) < 4.78 is 1.65. The number of hydrogen-bond donors (Lipinski definition) is 1. The van der Waals surface area contributed by atoms with Crippen molar-refractivity contribution in [2.45, 2.75) is 19.9 Å². The maximum Gasteiger partial charge on any atom is 0.143 e. The van der Waals surface area contributed by atoms with Gasteiger partial charge in [-0.25, -0.2) is 4.68 Å². The van der Waals surface area contributed by atoms with Crippen LogP contribution in [0.15, 0.2) is 54.9 Å². The van der Waals surface area contributed by atoms with Gasteiger partial charge in [0.2, 0.25) is 0 Å². The van der Waals surface area contributed by atoms with Crippen LogP contribution in [-0.2, 0) is 0 Å². The van der Waals surface area contributed by atoms with E-state index in [2.05, 4.69) is 71.1 Å². The van der Waals surface area contributed by atoms with Gasteiger partial charge in [0.25, 0.3) is 0 Å². The number of tetrazole rings is 1. The summed E-state index contributed by atoms with van der Waals surface area (Å²) in [5.41, 5.74) is 4.46. The Morgan fingerprint density at radius 1 is 1.10 bits per heavy atom. The average Bonchev–Trinajstić information content (AvgIpc) is 3.04. The maximum absolute atomic E-state index is 3.92. The number of anilines is 1. The lowest BCUT2D eigenvalue weighted by atomic mass is 10.1. The van der Waals surface area contributed by atoms with Crippen molar-refractivity contribution in [3.8, 4) is 5.69 Å². The number of nitrogens with one attached hydrogen (secondary N) is 1. The lowest BCUT2D eigenvalue weighted by Gasteiger charge is -2.18. The van der Waals surface area contributed by atoms with Gasteiger partial charge in [0, 0.05) is 11.7 Å². The lowest BCUT2D eigenvalue weighted by Crippen LogP contribution is -2.08. The Morgan fingerprint density at radius 2 is 1.90 bits per heavy atom. The predicted molar refractivity (Wildman–Crippen MR) is 82.4 cm³/mol. The molecule has 1 N–H and O–H groups in total. The molecule has 0 spiro atoms. The van der Waals surface area contributed by atoms with E-state index in [-0.39, 0.29) is 6.04 Å². The normalized spacial score (nSPS) is 12.1. The summed E-state index contributed by atoms with van der Waals surface area (Å²) >= 11 is 0. The van der Waals surface area contributed by atoms with Crippen molar-refractivity contribution in [2.24, 2.45) is 0 Å². The molecule has 0 bridgehead atoms. The highest BCUT2D eigenvalue weighted by Crippen LogP contribution is 2.24. The van der Waals surface area contributed by atoms with Crippen LogP contribution in [0.2, 0.25) is 0 Å². The molecule has 3 rings (SSSR count). The van der Waals surface area contributed by atoms with Gasteiger partial charge >= 0.3 is 0 Å². The highest BCUT2D eigenvalue weighted by molar-refractivity contribution is 5.57. The first-order chi connectivity index (χ1) is 10.2. The lowest BCUT2D eigenvalue weighted by molar-refractivity contribution is 0.788. The smallest absolute Gasteiger partial charge is 0.143 e. The number of aryl methyl sites for hydroxylation is 1. The third-order valence-corrected chi connectivity index (χ3v) is 3.51. The van der Waals surface area contributed by atoms with Crippen LogP contribution >= 0.6 is 0 Å².